The van der Waals surface area contributed by atoms with Crippen LogP contribution in [0.25, 0.3) is 0 Å². The molecular formula is C19H23FN2OS. The van der Waals surface area contributed by atoms with Gasteiger partial charge in [-0.2, -0.15) is 0 Å². The molecule has 1 amide bonds. The summed E-state index contributed by atoms with van der Waals surface area (Å²) in [6.45, 7) is 3.87. The lowest BCUT2D eigenvalue weighted by Gasteiger charge is -2.32. The van der Waals surface area contributed by atoms with Crippen LogP contribution in [0.4, 0.5) is 4.39 Å². The highest BCUT2D eigenvalue weighted by Crippen LogP contribution is 2.20. The molecule has 1 aromatic heterocycles. The van der Waals surface area contributed by atoms with Crippen LogP contribution in [0, 0.1) is 11.7 Å². The molecule has 1 fully saturated rings. The number of amides is 1. The van der Waals surface area contributed by atoms with E-state index in [-0.39, 0.29) is 18.1 Å². The van der Waals surface area contributed by atoms with Crippen LogP contribution in [-0.2, 0) is 17.8 Å². The summed E-state index contributed by atoms with van der Waals surface area (Å²) < 4.78 is 13.2. The lowest BCUT2D eigenvalue weighted by Crippen LogP contribution is -2.40. The van der Waals surface area contributed by atoms with Crippen molar-refractivity contribution in [3.05, 3.63) is 58.0 Å². The van der Waals surface area contributed by atoms with Gasteiger partial charge in [-0.15, -0.1) is 11.3 Å². The maximum atomic E-state index is 13.2. The minimum Gasteiger partial charge on any atom is -0.355 e. The van der Waals surface area contributed by atoms with Gasteiger partial charge in [0, 0.05) is 24.5 Å². The number of carbonyl (C=O) groups is 1. The van der Waals surface area contributed by atoms with Crippen molar-refractivity contribution in [1.29, 1.82) is 0 Å². The molecule has 1 aliphatic heterocycles. The third-order valence-electron chi connectivity index (χ3n) is 4.40. The zero-order valence-electron chi connectivity index (χ0n) is 13.7. The average Bonchev–Trinajstić information content (AvgIpc) is 3.06. The molecular weight excluding hydrogens is 323 g/mol. The van der Waals surface area contributed by atoms with Gasteiger partial charge >= 0.3 is 0 Å². The predicted octanol–water partition coefficient (Wildman–Crippen LogP) is 3.46. The van der Waals surface area contributed by atoms with E-state index >= 15 is 0 Å². The summed E-state index contributed by atoms with van der Waals surface area (Å²) >= 11 is 1.80. The van der Waals surface area contributed by atoms with E-state index in [0.717, 1.165) is 31.6 Å². The summed E-state index contributed by atoms with van der Waals surface area (Å²) in [6, 6.07) is 10.5. The Morgan fingerprint density at radius 1 is 1.33 bits per heavy atom. The molecule has 24 heavy (non-hydrogen) atoms. The van der Waals surface area contributed by atoms with Crippen LogP contribution in [0.15, 0.2) is 41.8 Å². The Hall–Kier alpha value is -1.72. The molecule has 1 aromatic carbocycles. The van der Waals surface area contributed by atoms with Crippen LogP contribution < -0.4 is 5.32 Å². The normalized spacial score (nSPS) is 18.5. The number of rotatable bonds is 6. The summed E-state index contributed by atoms with van der Waals surface area (Å²) in [4.78, 5) is 15.9. The molecule has 1 aliphatic rings. The standard InChI is InChI=1S/C19H23FN2OS/c20-17-6-1-4-15(10-17)11-19(23)21-12-16-5-2-8-22(13-16)14-18-7-3-9-24-18/h1,3-4,6-7,9-10,16H,2,5,8,11-14H2,(H,21,23). The maximum Gasteiger partial charge on any atom is 0.224 e. The predicted molar refractivity (Wildman–Crippen MR) is 95.4 cm³/mol. The van der Waals surface area contributed by atoms with E-state index < -0.39 is 0 Å². The molecule has 3 nitrogen and oxygen atoms in total. The van der Waals surface area contributed by atoms with Gasteiger partial charge in [-0.25, -0.2) is 4.39 Å². The molecule has 1 unspecified atom stereocenters. The molecule has 0 spiro atoms. The Labute approximate surface area is 146 Å². The Morgan fingerprint density at radius 2 is 2.25 bits per heavy atom. The van der Waals surface area contributed by atoms with E-state index in [1.807, 2.05) is 0 Å². The molecule has 1 N–H and O–H groups in total. The zero-order chi connectivity index (χ0) is 16.8. The van der Waals surface area contributed by atoms with Gasteiger partial charge in [0.1, 0.15) is 5.82 Å². The van der Waals surface area contributed by atoms with Crippen molar-refractivity contribution in [2.75, 3.05) is 19.6 Å². The number of piperidine rings is 1. The van der Waals surface area contributed by atoms with Gasteiger partial charge < -0.3 is 5.32 Å². The van der Waals surface area contributed by atoms with E-state index in [2.05, 4.69) is 27.7 Å². The highest BCUT2D eigenvalue weighted by Gasteiger charge is 2.20. The van der Waals surface area contributed by atoms with E-state index in [1.165, 1.54) is 23.4 Å². The maximum absolute atomic E-state index is 13.2. The second-order valence-electron chi connectivity index (χ2n) is 6.43. The largest absolute Gasteiger partial charge is 0.355 e. The smallest absolute Gasteiger partial charge is 0.224 e. The van der Waals surface area contributed by atoms with Crippen LogP contribution in [0.1, 0.15) is 23.3 Å². The van der Waals surface area contributed by atoms with Gasteiger partial charge in [-0.05, 0) is 54.4 Å². The average molecular weight is 346 g/mol. The highest BCUT2D eigenvalue weighted by atomic mass is 32.1. The summed E-state index contributed by atoms with van der Waals surface area (Å²) in [5.41, 5.74) is 0.718. The molecule has 128 valence electrons. The van der Waals surface area contributed by atoms with Gasteiger partial charge in [0.25, 0.3) is 0 Å². The summed E-state index contributed by atoms with van der Waals surface area (Å²) in [5.74, 6) is 0.169. The fraction of sp³-hybridized carbons (Fsp3) is 0.421. The minimum absolute atomic E-state index is 0.0315. The van der Waals surface area contributed by atoms with Crippen LogP contribution in [0.3, 0.4) is 0 Å². The van der Waals surface area contributed by atoms with Crippen molar-refractivity contribution in [3.63, 3.8) is 0 Å². The monoisotopic (exact) mass is 346 g/mol. The first-order valence-electron chi connectivity index (χ1n) is 8.45. The number of hydrogen-bond donors (Lipinski definition) is 1. The van der Waals surface area contributed by atoms with Crippen molar-refractivity contribution >= 4 is 17.2 Å². The molecule has 1 saturated heterocycles. The fourth-order valence-corrected chi connectivity index (χ4v) is 3.98. The van der Waals surface area contributed by atoms with Gasteiger partial charge in [-0.3, -0.25) is 9.69 Å². The first-order chi connectivity index (χ1) is 11.7. The number of nitrogens with one attached hydrogen (secondary N) is 1. The van der Waals surface area contributed by atoms with Crippen molar-refractivity contribution in [2.45, 2.75) is 25.8 Å². The lowest BCUT2D eigenvalue weighted by molar-refractivity contribution is -0.120. The Bertz CT molecular complexity index is 659. The third-order valence-corrected chi connectivity index (χ3v) is 5.27. The molecule has 1 atom stereocenters. The Kier molecular flexibility index (Phi) is 5.99. The van der Waals surface area contributed by atoms with Crippen molar-refractivity contribution in [1.82, 2.24) is 10.2 Å². The van der Waals surface area contributed by atoms with Crippen molar-refractivity contribution in [3.8, 4) is 0 Å². The number of halogens is 1. The van der Waals surface area contributed by atoms with Crippen LogP contribution in [-0.4, -0.2) is 30.4 Å². The molecule has 0 bridgehead atoms. The topological polar surface area (TPSA) is 32.3 Å². The molecule has 0 aliphatic carbocycles. The highest BCUT2D eigenvalue weighted by molar-refractivity contribution is 7.09. The number of nitrogens with zero attached hydrogens (tertiary/aromatic N) is 1. The van der Waals surface area contributed by atoms with Gasteiger partial charge in [0.05, 0.1) is 6.42 Å². The molecule has 2 aromatic rings. The number of benzene rings is 1. The molecule has 3 rings (SSSR count). The third kappa shape index (κ3) is 5.14. The number of carbonyl (C=O) groups excluding carboxylic acids is 1. The zero-order valence-corrected chi connectivity index (χ0v) is 14.5. The van der Waals surface area contributed by atoms with Gasteiger partial charge in [0.15, 0.2) is 0 Å². The first-order valence-corrected chi connectivity index (χ1v) is 9.33. The Morgan fingerprint density at radius 3 is 3.04 bits per heavy atom. The second-order valence-corrected chi connectivity index (χ2v) is 7.47. The molecule has 2 heterocycles. The number of likely N-dealkylation sites (tertiary alicyclic amines) is 1. The Balaban J connectivity index is 1.43. The van der Waals surface area contributed by atoms with Crippen molar-refractivity contribution in [2.24, 2.45) is 5.92 Å². The lowest BCUT2D eigenvalue weighted by atomic mass is 9.98. The summed E-state index contributed by atoms with van der Waals surface area (Å²) in [7, 11) is 0. The van der Waals surface area contributed by atoms with Crippen LogP contribution in [0.5, 0.6) is 0 Å². The van der Waals surface area contributed by atoms with E-state index in [0.29, 0.717) is 12.5 Å². The number of thiophene rings is 1. The quantitative estimate of drug-likeness (QED) is 0.869. The molecule has 0 radical (unpaired) electrons. The molecule has 0 saturated carbocycles. The SMILES string of the molecule is O=C(Cc1cccc(F)c1)NCC1CCCN(Cc2cccs2)C1. The van der Waals surface area contributed by atoms with Crippen LogP contribution in [0.2, 0.25) is 0 Å². The van der Waals surface area contributed by atoms with Gasteiger partial charge in [0.2, 0.25) is 5.91 Å². The van der Waals surface area contributed by atoms with Gasteiger partial charge in [-0.1, -0.05) is 18.2 Å². The first kappa shape index (κ1) is 17.1. The molecule has 5 heteroatoms. The second kappa shape index (κ2) is 8.40. The minimum atomic E-state index is -0.295. The van der Waals surface area contributed by atoms with E-state index in [1.54, 1.807) is 23.5 Å². The summed E-state index contributed by atoms with van der Waals surface area (Å²) in [5, 5.41) is 5.13. The fourth-order valence-electron chi connectivity index (χ4n) is 3.24. The van der Waals surface area contributed by atoms with Crippen molar-refractivity contribution < 1.29 is 9.18 Å². The summed E-state index contributed by atoms with van der Waals surface area (Å²) in [6.07, 6.45) is 2.57. The van der Waals surface area contributed by atoms with Crippen LogP contribution >= 0.6 is 11.3 Å². The number of hydrogen-bond acceptors (Lipinski definition) is 3. The van der Waals surface area contributed by atoms with E-state index in [9.17, 15) is 9.18 Å². The van der Waals surface area contributed by atoms with E-state index in [4.69, 9.17) is 0 Å².